The van der Waals surface area contributed by atoms with Crippen LogP contribution < -0.4 is 0 Å². The maximum absolute atomic E-state index is 11.0. The van der Waals surface area contributed by atoms with Gasteiger partial charge in [-0.2, -0.15) is 0 Å². The normalized spacial score (nSPS) is 25.9. The quantitative estimate of drug-likeness (QED) is 0.639. The van der Waals surface area contributed by atoms with Crippen LogP contribution in [0, 0.1) is 11.8 Å². The van der Waals surface area contributed by atoms with Gasteiger partial charge < -0.3 is 0 Å². The van der Waals surface area contributed by atoms with Crippen molar-refractivity contribution in [2.24, 2.45) is 11.8 Å². The molecule has 18 heavy (non-hydrogen) atoms. The van der Waals surface area contributed by atoms with Gasteiger partial charge in [-0.15, -0.1) is 18.1 Å². The molecule has 0 aromatic rings. The van der Waals surface area contributed by atoms with Crippen molar-refractivity contribution in [2.45, 2.75) is 25.7 Å². The van der Waals surface area contributed by atoms with Crippen LogP contribution in [0.2, 0.25) is 0 Å². The Kier molecular flexibility index (Phi) is 8.07. The summed E-state index contributed by atoms with van der Waals surface area (Å²) in [5.41, 5.74) is 0. The number of rotatable bonds is 8. The first kappa shape index (κ1) is 16.1. The minimum atomic E-state index is -1.96. The molecule has 104 valence electrons. The van der Waals surface area contributed by atoms with Crippen molar-refractivity contribution in [3.63, 3.8) is 0 Å². The van der Waals surface area contributed by atoms with Crippen LogP contribution in [0.4, 0.5) is 0 Å². The highest BCUT2D eigenvalue weighted by atomic mass is 31.1. The fourth-order valence-electron chi connectivity index (χ4n) is 2.00. The standard InChI is InChI=1S/C10H20O6P2/c1-13-17(11)15-7-9-3-5-10(6-4-9)8-16-18(12)14-2/h9-10H,3-8H2,1-2H3/q+2. The Balaban J connectivity index is 2.12. The summed E-state index contributed by atoms with van der Waals surface area (Å²) in [6, 6.07) is 0. The largest absolute Gasteiger partial charge is 0.697 e. The first-order valence-electron chi connectivity index (χ1n) is 5.94. The second-order valence-corrected chi connectivity index (χ2v) is 6.43. The fraction of sp³-hybridized carbons (Fsp3) is 1.00. The van der Waals surface area contributed by atoms with Crippen molar-refractivity contribution in [3.8, 4) is 0 Å². The molecule has 1 aliphatic rings. The molecule has 2 unspecified atom stereocenters. The lowest BCUT2D eigenvalue weighted by atomic mass is 9.83. The molecule has 0 spiro atoms. The van der Waals surface area contributed by atoms with E-state index in [-0.39, 0.29) is 0 Å². The molecule has 0 saturated heterocycles. The summed E-state index contributed by atoms with van der Waals surface area (Å²) in [6.45, 7) is 0.950. The third-order valence-electron chi connectivity index (χ3n) is 3.10. The van der Waals surface area contributed by atoms with Crippen LogP contribution in [0.3, 0.4) is 0 Å². The lowest BCUT2D eigenvalue weighted by Crippen LogP contribution is -2.20. The van der Waals surface area contributed by atoms with E-state index in [1.165, 1.54) is 14.2 Å². The van der Waals surface area contributed by atoms with E-state index in [1.54, 1.807) is 0 Å². The zero-order valence-electron chi connectivity index (χ0n) is 10.7. The third kappa shape index (κ3) is 6.28. The van der Waals surface area contributed by atoms with E-state index in [1.807, 2.05) is 0 Å². The first-order valence-corrected chi connectivity index (χ1v) is 8.13. The Bertz CT molecular complexity index is 250. The van der Waals surface area contributed by atoms with E-state index >= 15 is 0 Å². The van der Waals surface area contributed by atoms with E-state index in [9.17, 15) is 9.13 Å². The van der Waals surface area contributed by atoms with Crippen molar-refractivity contribution in [3.05, 3.63) is 0 Å². The van der Waals surface area contributed by atoms with E-state index < -0.39 is 16.5 Å². The van der Waals surface area contributed by atoms with Crippen molar-refractivity contribution in [2.75, 3.05) is 27.4 Å². The monoisotopic (exact) mass is 298 g/mol. The van der Waals surface area contributed by atoms with Crippen LogP contribution in [0.1, 0.15) is 25.7 Å². The predicted molar refractivity (Wildman–Crippen MR) is 66.6 cm³/mol. The van der Waals surface area contributed by atoms with E-state index in [2.05, 4.69) is 9.05 Å². The molecule has 1 rings (SSSR count). The summed E-state index contributed by atoms with van der Waals surface area (Å²) in [5.74, 6) is 0.845. The van der Waals surface area contributed by atoms with E-state index in [0.29, 0.717) is 25.0 Å². The molecule has 0 bridgehead atoms. The Morgan fingerprint density at radius 2 is 1.17 bits per heavy atom. The van der Waals surface area contributed by atoms with Gasteiger partial charge in [0.25, 0.3) is 0 Å². The molecular formula is C10H20O6P2+2. The van der Waals surface area contributed by atoms with E-state index in [0.717, 1.165) is 25.7 Å². The fourth-order valence-corrected chi connectivity index (χ4v) is 2.88. The summed E-state index contributed by atoms with van der Waals surface area (Å²) >= 11 is 0. The van der Waals surface area contributed by atoms with Crippen LogP contribution in [0.25, 0.3) is 0 Å². The van der Waals surface area contributed by atoms with Gasteiger partial charge in [-0.05, 0) is 37.5 Å². The molecule has 1 saturated carbocycles. The first-order chi connectivity index (χ1) is 8.65. The minimum Gasteiger partial charge on any atom is -0.122 e. The highest BCUT2D eigenvalue weighted by Gasteiger charge is 2.28. The van der Waals surface area contributed by atoms with Crippen molar-refractivity contribution >= 4 is 16.5 Å². The molecule has 0 amide bonds. The van der Waals surface area contributed by atoms with Gasteiger partial charge in [0.15, 0.2) is 0 Å². The molecule has 0 aliphatic heterocycles. The van der Waals surface area contributed by atoms with Crippen LogP contribution in [-0.4, -0.2) is 27.4 Å². The summed E-state index contributed by atoms with van der Waals surface area (Å²) in [6.07, 6.45) is 4.02. The zero-order chi connectivity index (χ0) is 13.4. The van der Waals surface area contributed by atoms with E-state index in [4.69, 9.17) is 9.05 Å². The summed E-state index contributed by atoms with van der Waals surface area (Å²) < 4.78 is 41.2. The lowest BCUT2D eigenvalue weighted by Gasteiger charge is -2.25. The number of hydrogen-bond acceptors (Lipinski definition) is 6. The van der Waals surface area contributed by atoms with Gasteiger partial charge in [0.1, 0.15) is 13.2 Å². The van der Waals surface area contributed by atoms with Crippen LogP contribution in [0.5, 0.6) is 0 Å². The second-order valence-electron chi connectivity index (χ2n) is 4.29. The smallest absolute Gasteiger partial charge is 0.122 e. The molecule has 8 heteroatoms. The van der Waals surface area contributed by atoms with Gasteiger partial charge in [-0.25, -0.2) is 0 Å². The average molecular weight is 298 g/mol. The van der Waals surface area contributed by atoms with Gasteiger partial charge in [-0.1, -0.05) is 0 Å². The summed E-state index contributed by atoms with van der Waals surface area (Å²) in [7, 11) is -1.19. The van der Waals surface area contributed by atoms with Gasteiger partial charge >= 0.3 is 16.5 Å². The van der Waals surface area contributed by atoms with Crippen molar-refractivity contribution in [1.29, 1.82) is 0 Å². The minimum absolute atomic E-state index is 0.423. The predicted octanol–water partition coefficient (Wildman–Crippen LogP) is 3.43. The highest BCUT2D eigenvalue weighted by Crippen LogP contribution is 2.34. The van der Waals surface area contributed by atoms with Crippen LogP contribution >= 0.6 is 16.5 Å². The van der Waals surface area contributed by atoms with Gasteiger partial charge in [0.2, 0.25) is 0 Å². The average Bonchev–Trinajstić information content (AvgIpc) is 2.43. The zero-order valence-corrected chi connectivity index (χ0v) is 12.5. The van der Waals surface area contributed by atoms with Crippen LogP contribution in [0.15, 0.2) is 0 Å². The molecule has 6 nitrogen and oxygen atoms in total. The maximum Gasteiger partial charge on any atom is 0.697 e. The Morgan fingerprint density at radius 3 is 1.44 bits per heavy atom. The lowest BCUT2D eigenvalue weighted by molar-refractivity contribution is 0.137. The number of hydrogen-bond donors (Lipinski definition) is 0. The van der Waals surface area contributed by atoms with Gasteiger partial charge in [0, 0.05) is 9.13 Å². The molecule has 2 atom stereocenters. The molecule has 1 aliphatic carbocycles. The molecule has 0 radical (unpaired) electrons. The van der Waals surface area contributed by atoms with Crippen molar-refractivity contribution in [1.82, 2.24) is 0 Å². The molecule has 1 fully saturated rings. The Morgan fingerprint density at radius 1 is 0.833 bits per heavy atom. The molecular weight excluding hydrogens is 278 g/mol. The van der Waals surface area contributed by atoms with Gasteiger partial charge in [-0.3, -0.25) is 0 Å². The second kappa shape index (κ2) is 9.03. The summed E-state index contributed by atoms with van der Waals surface area (Å²) in [4.78, 5) is 0. The molecule has 0 aromatic carbocycles. The molecule has 0 N–H and O–H groups in total. The highest BCUT2D eigenvalue weighted by molar-refractivity contribution is 7.33. The van der Waals surface area contributed by atoms with Crippen LogP contribution in [-0.2, 0) is 27.2 Å². The van der Waals surface area contributed by atoms with Crippen molar-refractivity contribution < 1.29 is 27.2 Å². The topological polar surface area (TPSA) is 71.1 Å². The Hall–Kier alpha value is 0.0400. The molecule has 0 aromatic heterocycles. The maximum atomic E-state index is 11.0. The summed E-state index contributed by atoms with van der Waals surface area (Å²) in [5, 5.41) is 0. The SMILES string of the molecule is CO[P+](=O)OCC1CCC(CO[P+](=O)OC)CC1. The third-order valence-corrected chi connectivity index (χ3v) is 4.41. The molecule has 0 heterocycles. The van der Waals surface area contributed by atoms with Gasteiger partial charge in [0.05, 0.1) is 14.2 Å². The Labute approximate surface area is 109 Å².